The van der Waals surface area contributed by atoms with Gasteiger partial charge in [0.25, 0.3) is 0 Å². The van der Waals surface area contributed by atoms with Gasteiger partial charge in [-0.15, -0.1) is 0 Å². The predicted octanol–water partition coefficient (Wildman–Crippen LogP) is 2.44. The summed E-state index contributed by atoms with van der Waals surface area (Å²) in [5.41, 5.74) is 5.88. The summed E-state index contributed by atoms with van der Waals surface area (Å²) in [6.07, 6.45) is 6.51. The Morgan fingerprint density at radius 1 is 1.41 bits per heavy atom. The molecular weight excluding hydrogens is 212 g/mol. The highest BCUT2D eigenvalue weighted by molar-refractivity contribution is 5.81. The maximum absolute atomic E-state index is 11.9. The standard InChI is InChI=1S/C14H28N2O/c1-4-6-7-12(15)14(17)16-13-9-8-11(5-2)10(13)3/h10-13H,4-9,15H2,1-3H3,(H,16,17)/t10?,11?,12-,13?/m0/s1. The van der Waals surface area contributed by atoms with Gasteiger partial charge in [0.1, 0.15) is 0 Å². The van der Waals surface area contributed by atoms with Crippen molar-refractivity contribution in [2.45, 2.75) is 71.4 Å². The second kappa shape index (κ2) is 7.00. The van der Waals surface area contributed by atoms with E-state index in [0.717, 1.165) is 31.6 Å². The molecule has 3 unspecified atom stereocenters. The van der Waals surface area contributed by atoms with E-state index in [0.29, 0.717) is 12.0 Å². The largest absolute Gasteiger partial charge is 0.352 e. The zero-order valence-electron chi connectivity index (χ0n) is 11.5. The molecule has 1 fully saturated rings. The van der Waals surface area contributed by atoms with Gasteiger partial charge in [-0.1, -0.05) is 40.0 Å². The Balaban J connectivity index is 2.36. The Labute approximate surface area is 106 Å². The van der Waals surface area contributed by atoms with Gasteiger partial charge in [0.15, 0.2) is 0 Å². The van der Waals surface area contributed by atoms with E-state index in [1.54, 1.807) is 0 Å². The van der Waals surface area contributed by atoms with E-state index in [4.69, 9.17) is 5.73 Å². The van der Waals surface area contributed by atoms with Crippen LogP contribution in [0.15, 0.2) is 0 Å². The molecule has 0 heterocycles. The fourth-order valence-corrected chi connectivity index (χ4v) is 2.87. The van der Waals surface area contributed by atoms with Crippen molar-refractivity contribution in [2.75, 3.05) is 0 Å². The van der Waals surface area contributed by atoms with E-state index in [1.165, 1.54) is 12.8 Å². The number of carbonyl (C=O) groups excluding carboxylic acids is 1. The van der Waals surface area contributed by atoms with Crippen molar-refractivity contribution in [2.24, 2.45) is 17.6 Å². The van der Waals surface area contributed by atoms with E-state index >= 15 is 0 Å². The lowest BCUT2D eigenvalue weighted by atomic mass is 9.93. The Hall–Kier alpha value is -0.570. The third-order valence-corrected chi connectivity index (χ3v) is 4.28. The average Bonchev–Trinajstić information content (AvgIpc) is 2.67. The molecule has 1 aliphatic rings. The number of unbranched alkanes of at least 4 members (excludes halogenated alkanes) is 1. The van der Waals surface area contributed by atoms with E-state index in [1.807, 2.05) is 0 Å². The second-order valence-electron chi connectivity index (χ2n) is 5.47. The van der Waals surface area contributed by atoms with Crippen molar-refractivity contribution < 1.29 is 4.79 Å². The van der Waals surface area contributed by atoms with E-state index < -0.39 is 0 Å². The average molecular weight is 240 g/mol. The molecule has 0 aromatic carbocycles. The minimum Gasteiger partial charge on any atom is -0.352 e. The zero-order valence-corrected chi connectivity index (χ0v) is 11.5. The topological polar surface area (TPSA) is 55.1 Å². The fraction of sp³-hybridized carbons (Fsp3) is 0.929. The second-order valence-corrected chi connectivity index (χ2v) is 5.47. The minimum absolute atomic E-state index is 0.0482. The summed E-state index contributed by atoms with van der Waals surface area (Å²) in [5.74, 6) is 1.42. The van der Waals surface area contributed by atoms with Gasteiger partial charge in [-0.05, 0) is 31.1 Å². The molecule has 0 aromatic heterocycles. The van der Waals surface area contributed by atoms with Gasteiger partial charge in [-0.2, -0.15) is 0 Å². The zero-order chi connectivity index (χ0) is 12.8. The number of carbonyl (C=O) groups is 1. The van der Waals surface area contributed by atoms with E-state index in [-0.39, 0.29) is 11.9 Å². The lowest BCUT2D eigenvalue weighted by Crippen LogP contribution is -2.46. The molecule has 3 nitrogen and oxygen atoms in total. The molecule has 3 heteroatoms. The molecular formula is C14H28N2O. The lowest BCUT2D eigenvalue weighted by Gasteiger charge is -2.22. The van der Waals surface area contributed by atoms with Crippen molar-refractivity contribution >= 4 is 5.91 Å². The van der Waals surface area contributed by atoms with E-state index in [9.17, 15) is 4.79 Å². The van der Waals surface area contributed by atoms with E-state index in [2.05, 4.69) is 26.1 Å². The SMILES string of the molecule is CCCC[C@H](N)C(=O)NC1CCC(CC)C1C. The molecule has 1 amide bonds. The number of hydrogen-bond donors (Lipinski definition) is 2. The van der Waals surface area contributed by atoms with Crippen molar-refractivity contribution in [3.63, 3.8) is 0 Å². The van der Waals surface area contributed by atoms with Crippen LogP contribution in [-0.2, 0) is 4.79 Å². The van der Waals surface area contributed by atoms with Crippen molar-refractivity contribution in [3.05, 3.63) is 0 Å². The van der Waals surface area contributed by atoms with Crippen LogP contribution in [0.5, 0.6) is 0 Å². The Morgan fingerprint density at radius 3 is 2.65 bits per heavy atom. The molecule has 0 bridgehead atoms. The molecule has 4 atom stereocenters. The summed E-state index contributed by atoms with van der Waals surface area (Å²) in [6, 6.07) is 0.0305. The molecule has 0 saturated heterocycles. The number of amides is 1. The first-order valence-corrected chi connectivity index (χ1v) is 7.16. The van der Waals surface area contributed by atoms with Crippen molar-refractivity contribution in [1.82, 2.24) is 5.32 Å². The molecule has 0 aliphatic heterocycles. The first-order chi connectivity index (χ1) is 8.10. The van der Waals surface area contributed by atoms with Gasteiger partial charge in [-0.3, -0.25) is 4.79 Å². The summed E-state index contributed by atoms with van der Waals surface area (Å²) >= 11 is 0. The Morgan fingerprint density at radius 2 is 2.12 bits per heavy atom. The molecule has 17 heavy (non-hydrogen) atoms. The highest BCUT2D eigenvalue weighted by Crippen LogP contribution is 2.33. The summed E-state index contributed by atoms with van der Waals surface area (Å²) in [7, 11) is 0. The summed E-state index contributed by atoms with van der Waals surface area (Å²) in [5, 5.41) is 3.14. The molecule has 100 valence electrons. The van der Waals surface area contributed by atoms with Gasteiger partial charge in [0.2, 0.25) is 5.91 Å². The highest BCUT2D eigenvalue weighted by Gasteiger charge is 2.33. The normalized spacial score (nSPS) is 30.2. The quantitative estimate of drug-likeness (QED) is 0.749. The van der Waals surface area contributed by atoms with Gasteiger partial charge in [0, 0.05) is 6.04 Å². The first kappa shape index (κ1) is 14.5. The molecule has 0 aromatic rings. The summed E-state index contributed by atoms with van der Waals surface area (Å²) < 4.78 is 0. The van der Waals surface area contributed by atoms with Gasteiger partial charge in [-0.25, -0.2) is 0 Å². The molecule has 0 radical (unpaired) electrons. The van der Waals surface area contributed by atoms with Crippen molar-refractivity contribution in [1.29, 1.82) is 0 Å². The first-order valence-electron chi connectivity index (χ1n) is 7.16. The molecule has 1 aliphatic carbocycles. The molecule has 1 rings (SSSR count). The Kier molecular flexibility index (Phi) is 5.96. The third kappa shape index (κ3) is 3.98. The van der Waals surface area contributed by atoms with Crippen LogP contribution in [0, 0.1) is 11.8 Å². The maximum atomic E-state index is 11.9. The van der Waals surface area contributed by atoms with Gasteiger partial charge in [0.05, 0.1) is 6.04 Å². The van der Waals surface area contributed by atoms with Gasteiger partial charge >= 0.3 is 0 Å². The summed E-state index contributed by atoms with van der Waals surface area (Å²) in [6.45, 7) is 6.61. The molecule has 1 saturated carbocycles. The van der Waals surface area contributed by atoms with Crippen LogP contribution in [-0.4, -0.2) is 18.0 Å². The lowest BCUT2D eigenvalue weighted by molar-refractivity contribution is -0.123. The monoisotopic (exact) mass is 240 g/mol. The number of nitrogens with one attached hydrogen (secondary N) is 1. The van der Waals surface area contributed by atoms with Crippen LogP contribution in [0.3, 0.4) is 0 Å². The van der Waals surface area contributed by atoms with Crippen LogP contribution in [0.4, 0.5) is 0 Å². The smallest absolute Gasteiger partial charge is 0.237 e. The van der Waals surface area contributed by atoms with Gasteiger partial charge < -0.3 is 11.1 Å². The maximum Gasteiger partial charge on any atom is 0.237 e. The van der Waals surface area contributed by atoms with Crippen LogP contribution in [0.2, 0.25) is 0 Å². The summed E-state index contributed by atoms with van der Waals surface area (Å²) in [4.78, 5) is 11.9. The molecule has 3 N–H and O–H groups in total. The number of hydrogen-bond acceptors (Lipinski definition) is 2. The van der Waals surface area contributed by atoms with Crippen molar-refractivity contribution in [3.8, 4) is 0 Å². The third-order valence-electron chi connectivity index (χ3n) is 4.28. The molecule has 0 spiro atoms. The highest BCUT2D eigenvalue weighted by atomic mass is 16.2. The number of rotatable bonds is 6. The number of nitrogens with two attached hydrogens (primary N) is 1. The van der Waals surface area contributed by atoms with Crippen LogP contribution in [0.1, 0.15) is 59.3 Å². The van der Waals surface area contributed by atoms with Crippen LogP contribution < -0.4 is 11.1 Å². The van der Waals surface area contributed by atoms with Crippen LogP contribution in [0.25, 0.3) is 0 Å². The predicted molar refractivity (Wildman–Crippen MR) is 71.6 cm³/mol. The Bertz CT molecular complexity index is 242. The minimum atomic E-state index is -0.317. The fourth-order valence-electron chi connectivity index (χ4n) is 2.87. The van der Waals surface area contributed by atoms with Crippen LogP contribution >= 0.6 is 0 Å².